The van der Waals surface area contributed by atoms with Gasteiger partial charge in [0.2, 0.25) is 27.6 Å². The third-order valence-electron chi connectivity index (χ3n) is 2.37. The number of amides is 2. The van der Waals surface area contributed by atoms with Crippen LogP contribution in [0, 0.1) is 6.92 Å². The largest absolute Gasteiger partial charge is 0.475 e. The molecule has 2 amide bonds. The molecule has 1 aromatic rings. The number of primary amides is 2. The summed E-state index contributed by atoms with van der Waals surface area (Å²) in [6.45, 7) is -0.331. The minimum absolute atomic E-state index is 0.202. The van der Waals surface area contributed by atoms with E-state index in [0.717, 1.165) is 6.07 Å². The van der Waals surface area contributed by atoms with Gasteiger partial charge in [0.25, 0.3) is 0 Å². The normalized spacial score (nSPS) is 11.5. The van der Waals surface area contributed by atoms with Gasteiger partial charge in [0.05, 0.1) is 13.1 Å². The van der Waals surface area contributed by atoms with Crippen LogP contribution in [0.15, 0.2) is 15.4 Å². The summed E-state index contributed by atoms with van der Waals surface area (Å²) in [5, 5.41) is 8.77. The van der Waals surface area contributed by atoms with Gasteiger partial charge < -0.3 is 21.0 Å². The average Bonchev–Trinajstić information content (AvgIpc) is 2.70. The van der Waals surface area contributed by atoms with Crippen molar-refractivity contribution in [2.24, 2.45) is 11.5 Å². The molecule has 0 spiro atoms. The molecule has 0 aromatic carbocycles. The molecule has 11 heteroatoms. The molecule has 0 fully saturated rings. The Morgan fingerprint density at radius 2 is 1.71 bits per heavy atom. The molecule has 1 rings (SSSR count). The monoisotopic (exact) mass is 319 g/mol. The van der Waals surface area contributed by atoms with Crippen LogP contribution < -0.4 is 11.5 Å². The molecule has 1 heterocycles. The zero-order valence-corrected chi connectivity index (χ0v) is 11.7. The van der Waals surface area contributed by atoms with Crippen molar-refractivity contribution in [1.82, 2.24) is 4.31 Å². The number of aromatic carboxylic acids is 1. The number of rotatable bonds is 7. The topological polar surface area (TPSA) is 174 Å². The fraction of sp³-hybridized carbons (Fsp3) is 0.300. The zero-order chi connectivity index (χ0) is 16.4. The molecular weight excluding hydrogens is 306 g/mol. The number of nitrogens with zero attached hydrogens (tertiary/aromatic N) is 1. The van der Waals surface area contributed by atoms with E-state index >= 15 is 0 Å². The lowest BCUT2D eigenvalue weighted by Gasteiger charge is -2.18. The maximum absolute atomic E-state index is 12.3. The van der Waals surface area contributed by atoms with Gasteiger partial charge in [0, 0.05) is 6.07 Å². The Morgan fingerprint density at radius 1 is 1.24 bits per heavy atom. The minimum atomic E-state index is -4.36. The molecular formula is C10H13N3O7S. The summed E-state index contributed by atoms with van der Waals surface area (Å²) < 4.78 is 29.9. The first-order valence-corrected chi connectivity index (χ1v) is 6.90. The maximum atomic E-state index is 12.3. The molecule has 10 nitrogen and oxygen atoms in total. The van der Waals surface area contributed by atoms with E-state index in [1.807, 2.05) is 0 Å². The highest BCUT2D eigenvalue weighted by molar-refractivity contribution is 7.89. The first-order valence-electron chi connectivity index (χ1n) is 5.46. The second-order valence-electron chi connectivity index (χ2n) is 4.04. The van der Waals surface area contributed by atoms with Crippen LogP contribution in [-0.2, 0) is 19.6 Å². The number of hydrogen-bond acceptors (Lipinski definition) is 6. The highest BCUT2D eigenvalue weighted by atomic mass is 32.2. The molecule has 0 atom stereocenters. The van der Waals surface area contributed by atoms with Crippen molar-refractivity contribution in [2.45, 2.75) is 11.8 Å². The number of hydrogen-bond donors (Lipinski definition) is 3. The zero-order valence-electron chi connectivity index (χ0n) is 10.9. The molecule has 5 N–H and O–H groups in total. The van der Waals surface area contributed by atoms with E-state index in [2.05, 4.69) is 0 Å². The Balaban J connectivity index is 3.31. The van der Waals surface area contributed by atoms with E-state index in [-0.39, 0.29) is 5.76 Å². The lowest BCUT2D eigenvalue weighted by Crippen LogP contribution is -2.43. The van der Waals surface area contributed by atoms with Gasteiger partial charge in [-0.1, -0.05) is 0 Å². The standard InChI is InChI=1S/C10H13N3O7S/c1-5-7(2-6(20-5)10(16)17)21(18,19)13(3-8(11)14)4-9(12)15/h2H,3-4H2,1H3,(H2,11,14)(H2,12,15)(H,16,17). The van der Waals surface area contributed by atoms with Crippen molar-refractivity contribution in [3.63, 3.8) is 0 Å². The number of sulfonamides is 1. The smallest absolute Gasteiger partial charge is 0.371 e. The third kappa shape index (κ3) is 3.79. The van der Waals surface area contributed by atoms with Crippen LogP contribution in [0.2, 0.25) is 0 Å². The van der Waals surface area contributed by atoms with Gasteiger partial charge in [0.1, 0.15) is 10.7 Å². The van der Waals surface area contributed by atoms with E-state index < -0.39 is 51.6 Å². The second-order valence-corrected chi connectivity index (χ2v) is 5.95. The van der Waals surface area contributed by atoms with Crippen molar-refractivity contribution in [2.75, 3.05) is 13.1 Å². The summed E-state index contributed by atoms with van der Waals surface area (Å²) in [5.41, 5.74) is 9.84. The fourth-order valence-corrected chi connectivity index (χ4v) is 3.07. The van der Waals surface area contributed by atoms with E-state index in [9.17, 15) is 22.8 Å². The molecule has 0 aliphatic rings. The summed E-state index contributed by atoms with van der Waals surface area (Å²) in [7, 11) is -4.36. The first kappa shape index (κ1) is 16.7. The summed E-state index contributed by atoms with van der Waals surface area (Å²) >= 11 is 0. The van der Waals surface area contributed by atoms with Gasteiger partial charge in [0.15, 0.2) is 0 Å². The van der Waals surface area contributed by atoms with Gasteiger partial charge in [-0.05, 0) is 6.92 Å². The Bertz CT molecular complexity index is 676. The lowest BCUT2D eigenvalue weighted by molar-refractivity contribution is -0.120. The molecule has 1 aromatic heterocycles. The Labute approximate surface area is 119 Å². The number of carboxylic acid groups (broad SMARTS) is 1. The number of carbonyl (C=O) groups is 3. The van der Waals surface area contributed by atoms with Crippen LogP contribution in [0.3, 0.4) is 0 Å². The molecule has 0 bridgehead atoms. The van der Waals surface area contributed by atoms with Crippen molar-refractivity contribution in [3.05, 3.63) is 17.6 Å². The minimum Gasteiger partial charge on any atom is -0.475 e. The maximum Gasteiger partial charge on any atom is 0.371 e. The van der Waals surface area contributed by atoms with Gasteiger partial charge in [-0.15, -0.1) is 0 Å². The Hall–Kier alpha value is -2.40. The summed E-state index contributed by atoms with van der Waals surface area (Å²) in [6.07, 6.45) is 0. The van der Waals surface area contributed by atoms with Crippen molar-refractivity contribution >= 4 is 27.8 Å². The number of aryl methyl sites for hydroxylation is 1. The van der Waals surface area contributed by atoms with E-state index in [0.29, 0.717) is 4.31 Å². The SMILES string of the molecule is Cc1oc(C(=O)O)cc1S(=O)(=O)N(CC(N)=O)CC(N)=O. The van der Waals surface area contributed by atoms with Gasteiger partial charge in [-0.2, -0.15) is 4.31 Å². The van der Waals surface area contributed by atoms with Crippen LogP contribution in [0.5, 0.6) is 0 Å². The lowest BCUT2D eigenvalue weighted by atomic mass is 10.4. The van der Waals surface area contributed by atoms with Crippen LogP contribution >= 0.6 is 0 Å². The molecule has 0 aliphatic heterocycles. The summed E-state index contributed by atoms with van der Waals surface area (Å²) in [5.74, 6) is -4.26. The molecule has 0 saturated heterocycles. The van der Waals surface area contributed by atoms with Crippen LogP contribution in [-0.4, -0.2) is 48.7 Å². The van der Waals surface area contributed by atoms with Crippen molar-refractivity contribution in [1.29, 1.82) is 0 Å². The van der Waals surface area contributed by atoms with E-state index in [1.165, 1.54) is 6.92 Å². The average molecular weight is 319 g/mol. The number of nitrogens with two attached hydrogens (primary N) is 2. The molecule has 0 aliphatic carbocycles. The molecule has 0 saturated carbocycles. The summed E-state index contributed by atoms with van der Waals surface area (Å²) in [6, 6.07) is 0.780. The number of furan rings is 1. The molecule has 116 valence electrons. The first-order chi connectivity index (χ1) is 9.55. The molecule has 21 heavy (non-hydrogen) atoms. The van der Waals surface area contributed by atoms with Crippen LogP contribution in [0.4, 0.5) is 0 Å². The van der Waals surface area contributed by atoms with Crippen molar-refractivity contribution in [3.8, 4) is 0 Å². The third-order valence-corrected chi connectivity index (χ3v) is 4.26. The summed E-state index contributed by atoms with van der Waals surface area (Å²) in [4.78, 5) is 32.1. The highest BCUT2D eigenvalue weighted by Gasteiger charge is 2.32. The number of carbonyl (C=O) groups excluding carboxylic acids is 2. The predicted molar refractivity (Wildman–Crippen MR) is 67.6 cm³/mol. The Kier molecular flexibility index (Phi) is 4.70. The Morgan fingerprint density at radius 3 is 2.05 bits per heavy atom. The van der Waals surface area contributed by atoms with Gasteiger partial charge in [-0.25, -0.2) is 13.2 Å². The van der Waals surface area contributed by atoms with E-state index in [4.69, 9.17) is 21.0 Å². The highest BCUT2D eigenvalue weighted by Crippen LogP contribution is 2.23. The van der Waals surface area contributed by atoms with Crippen LogP contribution in [0.25, 0.3) is 0 Å². The fourth-order valence-electron chi connectivity index (χ4n) is 1.54. The number of carboxylic acids is 1. The van der Waals surface area contributed by atoms with Gasteiger partial charge in [-0.3, -0.25) is 9.59 Å². The quantitative estimate of drug-likeness (QED) is 0.533. The molecule has 0 unspecified atom stereocenters. The van der Waals surface area contributed by atoms with E-state index in [1.54, 1.807) is 0 Å². The molecule has 0 radical (unpaired) electrons. The van der Waals surface area contributed by atoms with Crippen molar-refractivity contribution < 1.29 is 32.3 Å². The second kappa shape index (κ2) is 5.93. The predicted octanol–water partition coefficient (Wildman–Crippen LogP) is -1.75. The van der Waals surface area contributed by atoms with Crippen LogP contribution in [0.1, 0.15) is 16.3 Å². The van der Waals surface area contributed by atoms with Gasteiger partial charge >= 0.3 is 5.97 Å².